The van der Waals surface area contributed by atoms with Crippen LogP contribution in [0.3, 0.4) is 0 Å². The van der Waals surface area contributed by atoms with E-state index in [4.69, 9.17) is 0 Å². The van der Waals surface area contributed by atoms with Gasteiger partial charge in [-0.15, -0.1) is 0 Å². The molecule has 2 unspecified atom stereocenters. The third-order valence-corrected chi connectivity index (χ3v) is 4.64. The molecule has 1 aliphatic heterocycles. The molecule has 0 radical (unpaired) electrons. The molecule has 1 aliphatic rings. The van der Waals surface area contributed by atoms with Crippen LogP contribution in [-0.4, -0.2) is 29.8 Å². The fourth-order valence-corrected chi connectivity index (χ4v) is 3.20. The predicted molar refractivity (Wildman–Crippen MR) is 87.0 cm³/mol. The predicted octanol–water partition coefficient (Wildman–Crippen LogP) is 2.59. The molecule has 2 atom stereocenters. The first-order valence-corrected chi connectivity index (χ1v) is 8.16. The number of carbonyl (C=O) groups is 2. The number of benzene rings is 1. The molecule has 0 spiro atoms. The molecular weight excluding hydrogens is 276 g/mol. The minimum absolute atomic E-state index is 0.114. The number of nitrogens with zero attached hydrogens (tertiary/aromatic N) is 1. The smallest absolute Gasteiger partial charge is 0.220 e. The number of carbonyl (C=O) groups excluding carboxylic acids is 2. The van der Waals surface area contributed by atoms with Crippen molar-refractivity contribution in [3.8, 4) is 0 Å². The molecule has 2 rings (SSSR count). The number of hydrogen-bond donors (Lipinski definition) is 1. The molecule has 2 amide bonds. The quantitative estimate of drug-likeness (QED) is 0.909. The van der Waals surface area contributed by atoms with Crippen molar-refractivity contribution in [1.29, 1.82) is 0 Å². The summed E-state index contributed by atoms with van der Waals surface area (Å²) in [6.07, 6.45) is 2.51. The molecule has 0 aliphatic carbocycles. The second-order valence-electron chi connectivity index (χ2n) is 6.15. The first kappa shape index (κ1) is 16.5. The van der Waals surface area contributed by atoms with Crippen LogP contribution in [0.5, 0.6) is 0 Å². The molecule has 0 aromatic heterocycles. The standard InChI is InChI=1S/C18H26N2O2/c1-3-16-13-20(14(2)21)10-9-17(16)11-18(22)19-12-15-7-5-4-6-8-15/h4-8,16-17H,3,9-13H2,1-2H3,(H,19,22). The Hall–Kier alpha value is -1.84. The van der Waals surface area contributed by atoms with Crippen LogP contribution < -0.4 is 5.32 Å². The lowest BCUT2D eigenvalue weighted by molar-refractivity contribution is -0.132. The fourth-order valence-electron chi connectivity index (χ4n) is 3.20. The van der Waals surface area contributed by atoms with Gasteiger partial charge in [0.2, 0.25) is 11.8 Å². The Labute approximate surface area is 132 Å². The van der Waals surface area contributed by atoms with Crippen molar-refractivity contribution < 1.29 is 9.59 Å². The summed E-state index contributed by atoms with van der Waals surface area (Å²) < 4.78 is 0. The van der Waals surface area contributed by atoms with Gasteiger partial charge in [0.05, 0.1) is 0 Å². The van der Waals surface area contributed by atoms with Gasteiger partial charge in [-0.3, -0.25) is 9.59 Å². The molecular formula is C18H26N2O2. The molecule has 0 bridgehead atoms. The van der Waals surface area contributed by atoms with Gasteiger partial charge in [-0.1, -0.05) is 43.7 Å². The number of amides is 2. The van der Waals surface area contributed by atoms with E-state index < -0.39 is 0 Å². The summed E-state index contributed by atoms with van der Waals surface area (Å²) >= 11 is 0. The van der Waals surface area contributed by atoms with Gasteiger partial charge in [-0.2, -0.15) is 0 Å². The lowest BCUT2D eigenvalue weighted by Crippen LogP contribution is -2.43. The second kappa shape index (κ2) is 7.97. The summed E-state index contributed by atoms with van der Waals surface area (Å²) in [6, 6.07) is 9.96. The van der Waals surface area contributed by atoms with Crippen molar-refractivity contribution in [2.75, 3.05) is 13.1 Å². The zero-order chi connectivity index (χ0) is 15.9. The van der Waals surface area contributed by atoms with Gasteiger partial charge in [0.1, 0.15) is 0 Å². The fraction of sp³-hybridized carbons (Fsp3) is 0.556. The Kier molecular flexibility index (Phi) is 5.99. The number of rotatable bonds is 5. The van der Waals surface area contributed by atoms with E-state index in [1.807, 2.05) is 35.2 Å². The zero-order valence-electron chi connectivity index (χ0n) is 13.5. The highest BCUT2D eigenvalue weighted by Gasteiger charge is 2.30. The van der Waals surface area contributed by atoms with Gasteiger partial charge < -0.3 is 10.2 Å². The summed E-state index contributed by atoms with van der Waals surface area (Å²) in [6.45, 7) is 5.93. The average molecular weight is 302 g/mol. The summed E-state index contributed by atoms with van der Waals surface area (Å²) in [5.41, 5.74) is 1.12. The summed E-state index contributed by atoms with van der Waals surface area (Å²) in [4.78, 5) is 25.6. The highest BCUT2D eigenvalue weighted by Crippen LogP contribution is 2.29. The van der Waals surface area contributed by atoms with Crippen molar-refractivity contribution in [3.05, 3.63) is 35.9 Å². The zero-order valence-corrected chi connectivity index (χ0v) is 13.5. The minimum Gasteiger partial charge on any atom is -0.352 e. The highest BCUT2D eigenvalue weighted by atomic mass is 16.2. The molecule has 120 valence electrons. The van der Waals surface area contributed by atoms with Crippen LogP contribution in [0.15, 0.2) is 30.3 Å². The molecule has 22 heavy (non-hydrogen) atoms. The van der Waals surface area contributed by atoms with Crippen molar-refractivity contribution >= 4 is 11.8 Å². The molecule has 1 saturated heterocycles. The van der Waals surface area contributed by atoms with Crippen LogP contribution in [0.2, 0.25) is 0 Å². The van der Waals surface area contributed by atoms with E-state index >= 15 is 0 Å². The Morgan fingerprint density at radius 1 is 1.23 bits per heavy atom. The maximum Gasteiger partial charge on any atom is 0.220 e. The SMILES string of the molecule is CCC1CN(C(C)=O)CCC1CC(=O)NCc1ccccc1. The Bertz CT molecular complexity index is 501. The van der Waals surface area contributed by atoms with Crippen molar-refractivity contribution in [2.24, 2.45) is 11.8 Å². The van der Waals surface area contributed by atoms with Crippen molar-refractivity contribution in [2.45, 2.75) is 39.7 Å². The van der Waals surface area contributed by atoms with Gasteiger partial charge in [0.15, 0.2) is 0 Å². The Morgan fingerprint density at radius 2 is 1.95 bits per heavy atom. The van der Waals surface area contributed by atoms with Crippen molar-refractivity contribution in [3.63, 3.8) is 0 Å². The monoisotopic (exact) mass is 302 g/mol. The van der Waals surface area contributed by atoms with E-state index in [9.17, 15) is 9.59 Å². The molecule has 4 heteroatoms. The molecule has 1 heterocycles. The number of hydrogen-bond acceptors (Lipinski definition) is 2. The van der Waals surface area contributed by atoms with E-state index in [-0.39, 0.29) is 11.8 Å². The number of piperidine rings is 1. The Balaban J connectivity index is 1.81. The lowest BCUT2D eigenvalue weighted by atomic mass is 9.81. The summed E-state index contributed by atoms with van der Waals surface area (Å²) in [7, 11) is 0. The van der Waals surface area contributed by atoms with E-state index in [1.165, 1.54) is 0 Å². The molecule has 1 aromatic rings. The van der Waals surface area contributed by atoms with Gasteiger partial charge in [-0.25, -0.2) is 0 Å². The van der Waals surface area contributed by atoms with Crippen LogP contribution in [0, 0.1) is 11.8 Å². The van der Waals surface area contributed by atoms with E-state index in [0.717, 1.165) is 31.5 Å². The molecule has 1 fully saturated rings. The second-order valence-corrected chi connectivity index (χ2v) is 6.15. The molecule has 0 saturated carbocycles. The van der Waals surface area contributed by atoms with Crippen LogP contribution >= 0.6 is 0 Å². The minimum atomic E-state index is 0.114. The molecule has 4 nitrogen and oxygen atoms in total. The number of likely N-dealkylation sites (tertiary alicyclic amines) is 1. The molecule has 1 aromatic carbocycles. The van der Waals surface area contributed by atoms with E-state index in [0.29, 0.717) is 24.8 Å². The third kappa shape index (κ3) is 4.58. The van der Waals surface area contributed by atoms with Crippen LogP contribution in [0.4, 0.5) is 0 Å². The van der Waals surface area contributed by atoms with Crippen molar-refractivity contribution in [1.82, 2.24) is 10.2 Å². The van der Waals surface area contributed by atoms with Gasteiger partial charge in [0.25, 0.3) is 0 Å². The van der Waals surface area contributed by atoms with Crippen LogP contribution in [0.1, 0.15) is 38.7 Å². The van der Waals surface area contributed by atoms with E-state index in [2.05, 4.69) is 12.2 Å². The first-order valence-electron chi connectivity index (χ1n) is 8.16. The van der Waals surface area contributed by atoms with Gasteiger partial charge in [0, 0.05) is 33.0 Å². The van der Waals surface area contributed by atoms with Crippen LogP contribution in [-0.2, 0) is 16.1 Å². The third-order valence-electron chi connectivity index (χ3n) is 4.64. The lowest BCUT2D eigenvalue weighted by Gasteiger charge is -2.37. The largest absolute Gasteiger partial charge is 0.352 e. The van der Waals surface area contributed by atoms with Gasteiger partial charge >= 0.3 is 0 Å². The summed E-state index contributed by atoms with van der Waals surface area (Å²) in [5.74, 6) is 1.07. The highest BCUT2D eigenvalue weighted by molar-refractivity contribution is 5.76. The first-order chi connectivity index (χ1) is 10.6. The molecule has 1 N–H and O–H groups in total. The maximum atomic E-state index is 12.2. The topological polar surface area (TPSA) is 49.4 Å². The van der Waals surface area contributed by atoms with Crippen LogP contribution in [0.25, 0.3) is 0 Å². The number of nitrogens with one attached hydrogen (secondary N) is 1. The maximum absolute atomic E-state index is 12.2. The normalized spacial score (nSPS) is 21.5. The Morgan fingerprint density at radius 3 is 2.59 bits per heavy atom. The average Bonchev–Trinajstić information content (AvgIpc) is 2.54. The summed E-state index contributed by atoms with van der Waals surface area (Å²) in [5, 5.41) is 3.01. The van der Waals surface area contributed by atoms with E-state index in [1.54, 1.807) is 6.92 Å². The van der Waals surface area contributed by atoms with Gasteiger partial charge in [-0.05, 0) is 23.8 Å².